The largest absolute Gasteiger partial charge is 0.317 e. The van der Waals surface area contributed by atoms with E-state index < -0.39 is 0 Å². The lowest BCUT2D eigenvalue weighted by molar-refractivity contribution is 0.238. The van der Waals surface area contributed by atoms with Gasteiger partial charge in [-0.15, -0.1) is 0 Å². The second kappa shape index (κ2) is 4.86. The van der Waals surface area contributed by atoms with Crippen molar-refractivity contribution in [2.45, 2.75) is 52.0 Å². The molecule has 0 radical (unpaired) electrons. The van der Waals surface area contributed by atoms with E-state index in [1.807, 2.05) is 0 Å². The maximum absolute atomic E-state index is 3.46. The first-order valence-electron chi connectivity index (χ1n) is 5.41. The summed E-state index contributed by atoms with van der Waals surface area (Å²) in [7, 11) is 2.11. The van der Waals surface area contributed by atoms with Crippen LogP contribution < -0.4 is 5.32 Å². The van der Waals surface area contributed by atoms with Gasteiger partial charge in [0, 0.05) is 6.04 Å². The van der Waals surface area contributed by atoms with Crippen LogP contribution in [0, 0.1) is 11.8 Å². The Morgan fingerprint density at radius 2 is 1.92 bits per heavy atom. The minimum atomic E-state index is 0.807. The Morgan fingerprint density at radius 3 is 2.50 bits per heavy atom. The Balaban J connectivity index is 2.36. The van der Waals surface area contributed by atoms with Crippen LogP contribution >= 0.6 is 0 Å². The van der Waals surface area contributed by atoms with Crippen molar-refractivity contribution in [3.8, 4) is 0 Å². The van der Waals surface area contributed by atoms with Crippen molar-refractivity contribution in [2.24, 2.45) is 11.8 Å². The summed E-state index contributed by atoms with van der Waals surface area (Å²) < 4.78 is 0. The summed E-state index contributed by atoms with van der Waals surface area (Å²) in [6, 6.07) is 0.807. The van der Waals surface area contributed by atoms with E-state index in [9.17, 15) is 0 Å². The predicted molar refractivity (Wildman–Crippen MR) is 54.3 cm³/mol. The molecule has 0 bridgehead atoms. The molecule has 1 fully saturated rings. The number of hydrogen-bond acceptors (Lipinski definition) is 1. The summed E-state index contributed by atoms with van der Waals surface area (Å²) in [5, 5.41) is 3.46. The van der Waals surface area contributed by atoms with Gasteiger partial charge in [0.15, 0.2) is 0 Å². The van der Waals surface area contributed by atoms with Crippen molar-refractivity contribution in [1.82, 2.24) is 5.32 Å². The average Bonchev–Trinajstić information content (AvgIpc) is 2.04. The molecule has 12 heavy (non-hydrogen) atoms. The van der Waals surface area contributed by atoms with E-state index >= 15 is 0 Å². The Bertz CT molecular complexity index is 120. The first-order valence-corrected chi connectivity index (χ1v) is 5.41. The first kappa shape index (κ1) is 10.0. The fraction of sp³-hybridized carbons (Fsp3) is 1.00. The lowest BCUT2D eigenvalue weighted by atomic mass is 9.80. The Kier molecular flexibility index (Phi) is 4.07. The Labute approximate surface area is 76.9 Å². The zero-order chi connectivity index (χ0) is 8.97. The summed E-state index contributed by atoms with van der Waals surface area (Å²) in [4.78, 5) is 0. The molecular formula is C11H23N. The molecule has 2 atom stereocenters. The molecule has 0 amide bonds. The fourth-order valence-corrected chi connectivity index (χ4v) is 2.48. The van der Waals surface area contributed by atoms with Crippen molar-refractivity contribution in [3.05, 3.63) is 0 Å². The Morgan fingerprint density at radius 1 is 1.25 bits per heavy atom. The summed E-state index contributed by atoms with van der Waals surface area (Å²) in [6.45, 7) is 4.67. The summed E-state index contributed by atoms with van der Waals surface area (Å²) >= 11 is 0. The van der Waals surface area contributed by atoms with Crippen LogP contribution in [0.3, 0.4) is 0 Å². The van der Waals surface area contributed by atoms with Crippen molar-refractivity contribution < 1.29 is 0 Å². The van der Waals surface area contributed by atoms with E-state index in [4.69, 9.17) is 0 Å². The quantitative estimate of drug-likeness (QED) is 0.685. The predicted octanol–water partition coefficient (Wildman–Crippen LogP) is 2.81. The molecule has 1 heteroatoms. The molecule has 0 aliphatic heterocycles. The van der Waals surface area contributed by atoms with Crippen molar-refractivity contribution in [2.75, 3.05) is 7.05 Å². The average molecular weight is 169 g/mol. The standard InChI is InChI=1S/C11H23N/c1-9(2)8-10-6-4-5-7-11(10)12-3/h9-12H,4-8H2,1-3H3. The van der Waals surface area contributed by atoms with Crippen LogP contribution in [0.1, 0.15) is 46.0 Å². The van der Waals surface area contributed by atoms with Crippen molar-refractivity contribution >= 4 is 0 Å². The molecule has 1 aliphatic rings. The molecule has 0 aromatic heterocycles. The normalized spacial score (nSPS) is 31.0. The molecular weight excluding hydrogens is 146 g/mol. The van der Waals surface area contributed by atoms with Crippen molar-refractivity contribution in [1.29, 1.82) is 0 Å². The molecule has 0 saturated heterocycles. The highest BCUT2D eigenvalue weighted by Gasteiger charge is 2.23. The van der Waals surface area contributed by atoms with E-state index in [1.54, 1.807) is 0 Å². The lowest BCUT2D eigenvalue weighted by Gasteiger charge is -2.32. The van der Waals surface area contributed by atoms with Crippen LogP contribution in [0.5, 0.6) is 0 Å². The first-order chi connectivity index (χ1) is 5.74. The van der Waals surface area contributed by atoms with Crippen LogP contribution in [-0.2, 0) is 0 Å². The lowest BCUT2D eigenvalue weighted by Crippen LogP contribution is -2.36. The highest BCUT2D eigenvalue weighted by atomic mass is 14.9. The molecule has 1 saturated carbocycles. The van der Waals surface area contributed by atoms with E-state index in [1.165, 1.54) is 32.1 Å². The van der Waals surface area contributed by atoms with E-state index in [0.29, 0.717) is 0 Å². The van der Waals surface area contributed by atoms with Gasteiger partial charge in [-0.05, 0) is 38.1 Å². The third-order valence-electron chi connectivity index (χ3n) is 3.05. The van der Waals surface area contributed by atoms with Gasteiger partial charge < -0.3 is 5.32 Å². The zero-order valence-corrected chi connectivity index (χ0v) is 8.77. The zero-order valence-electron chi connectivity index (χ0n) is 8.77. The second-order valence-electron chi connectivity index (χ2n) is 4.57. The van der Waals surface area contributed by atoms with Gasteiger partial charge in [0.1, 0.15) is 0 Å². The topological polar surface area (TPSA) is 12.0 Å². The maximum Gasteiger partial charge on any atom is 0.00924 e. The van der Waals surface area contributed by atoms with Gasteiger partial charge in [0.2, 0.25) is 0 Å². The second-order valence-corrected chi connectivity index (χ2v) is 4.57. The highest BCUT2D eigenvalue weighted by Crippen LogP contribution is 2.29. The van der Waals surface area contributed by atoms with Gasteiger partial charge in [0.05, 0.1) is 0 Å². The van der Waals surface area contributed by atoms with Crippen LogP contribution in [-0.4, -0.2) is 13.1 Å². The van der Waals surface area contributed by atoms with Crippen LogP contribution in [0.25, 0.3) is 0 Å². The maximum atomic E-state index is 3.46. The molecule has 1 aliphatic carbocycles. The Hall–Kier alpha value is -0.0400. The highest BCUT2D eigenvalue weighted by molar-refractivity contribution is 4.80. The van der Waals surface area contributed by atoms with Crippen LogP contribution in [0.4, 0.5) is 0 Å². The summed E-state index contributed by atoms with van der Waals surface area (Å²) in [5.74, 6) is 1.81. The SMILES string of the molecule is CNC1CCCCC1CC(C)C. The minimum Gasteiger partial charge on any atom is -0.317 e. The smallest absolute Gasteiger partial charge is 0.00924 e. The third kappa shape index (κ3) is 2.78. The molecule has 0 aromatic rings. The fourth-order valence-electron chi connectivity index (χ4n) is 2.48. The van der Waals surface area contributed by atoms with Crippen molar-refractivity contribution in [3.63, 3.8) is 0 Å². The van der Waals surface area contributed by atoms with Gasteiger partial charge in [-0.25, -0.2) is 0 Å². The molecule has 2 unspecified atom stereocenters. The van der Waals surface area contributed by atoms with Gasteiger partial charge in [-0.2, -0.15) is 0 Å². The number of rotatable bonds is 3. The molecule has 1 N–H and O–H groups in total. The van der Waals surface area contributed by atoms with Gasteiger partial charge in [0.25, 0.3) is 0 Å². The van der Waals surface area contributed by atoms with E-state index in [0.717, 1.165) is 17.9 Å². The number of nitrogens with one attached hydrogen (secondary N) is 1. The minimum absolute atomic E-state index is 0.807. The van der Waals surface area contributed by atoms with Gasteiger partial charge >= 0.3 is 0 Å². The molecule has 0 aromatic carbocycles. The molecule has 0 heterocycles. The van der Waals surface area contributed by atoms with Gasteiger partial charge in [-0.3, -0.25) is 0 Å². The summed E-state index contributed by atoms with van der Waals surface area (Å²) in [6.07, 6.45) is 7.14. The van der Waals surface area contributed by atoms with Crippen LogP contribution in [0.2, 0.25) is 0 Å². The third-order valence-corrected chi connectivity index (χ3v) is 3.05. The summed E-state index contributed by atoms with van der Waals surface area (Å²) in [5.41, 5.74) is 0. The number of hydrogen-bond donors (Lipinski definition) is 1. The van der Waals surface area contributed by atoms with Crippen LogP contribution in [0.15, 0.2) is 0 Å². The molecule has 1 nitrogen and oxygen atoms in total. The monoisotopic (exact) mass is 169 g/mol. The molecule has 0 spiro atoms. The van der Waals surface area contributed by atoms with E-state index in [-0.39, 0.29) is 0 Å². The van der Waals surface area contributed by atoms with E-state index in [2.05, 4.69) is 26.2 Å². The molecule has 1 rings (SSSR count). The van der Waals surface area contributed by atoms with Gasteiger partial charge in [-0.1, -0.05) is 26.7 Å². The molecule has 72 valence electrons.